The predicted octanol–water partition coefficient (Wildman–Crippen LogP) is -2.08. The average molecular weight is 250 g/mol. The molecule has 0 unspecified atom stereocenters. The normalized spacial score (nSPS) is 17.8. The molecule has 56 valence electrons. The van der Waals surface area contributed by atoms with Gasteiger partial charge in [-0.15, -0.1) is 0 Å². The zero-order valence-electron chi connectivity index (χ0n) is 5.97. The Morgan fingerprint density at radius 2 is 2.40 bits per heavy atom. The van der Waals surface area contributed by atoms with E-state index >= 15 is 0 Å². The van der Waals surface area contributed by atoms with Gasteiger partial charge in [0.2, 0.25) is 0 Å². The summed E-state index contributed by atoms with van der Waals surface area (Å²) in [4.78, 5) is 12.7. The van der Waals surface area contributed by atoms with E-state index in [1.54, 1.807) is 6.92 Å². The molecule has 0 amide bonds. The first-order valence-corrected chi connectivity index (χ1v) is 5.43. The SMILES string of the molecule is CC(=O)C1=C[I-]C=CN1C. The molecular formula is C7H9INO-. The summed E-state index contributed by atoms with van der Waals surface area (Å²) in [5, 5.41) is 0. The number of halogens is 1. The van der Waals surface area contributed by atoms with Gasteiger partial charge in [-0.25, -0.2) is 0 Å². The van der Waals surface area contributed by atoms with Crippen molar-refractivity contribution >= 4 is 5.78 Å². The van der Waals surface area contributed by atoms with Gasteiger partial charge in [0.15, 0.2) is 0 Å². The molecule has 0 spiro atoms. The second-order valence-electron chi connectivity index (χ2n) is 2.06. The number of Topliss-reactive ketones (excluding diaryl/α,β-unsaturated/α-hetero) is 1. The molecule has 0 atom stereocenters. The van der Waals surface area contributed by atoms with E-state index in [1.807, 2.05) is 22.2 Å². The Hall–Kier alpha value is -0.320. The number of hydrogen-bond acceptors (Lipinski definition) is 2. The van der Waals surface area contributed by atoms with E-state index in [2.05, 4.69) is 4.08 Å². The first-order valence-electron chi connectivity index (χ1n) is 2.94. The van der Waals surface area contributed by atoms with E-state index in [0.717, 1.165) is 5.70 Å². The summed E-state index contributed by atoms with van der Waals surface area (Å²) >= 11 is 0.00868. The van der Waals surface area contributed by atoms with E-state index < -0.39 is 0 Å². The van der Waals surface area contributed by atoms with Gasteiger partial charge < -0.3 is 0 Å². The van der Waals surface area contributed by atoms with Crippen molar-refractivity contribution in [2.24, 2.45) is 0 Å². The molecule has 2 nitrogen and oxygen atoms in total. The van der Waals surface area contributed by atoms with Gasteiger partial charge in [-0.1, -0.05) is 0 Å². The van der Waals surface area contributed by atoms with Gasteiger partial charge in [-0.05, 0) is 0 Å². The van der Waals surface area contributed by atoms with Crippen LogP contribution >= 0.6 is 0 Å². The van der Waals surface area contributed by atoms with Crippen LogP contribution in [0.25, 0.3) is 0 Å². The van der Waals surface area contributed by atoms with Gasteiger partial charge in [-0.2, -0.15) is 0 Å². The van der Waals surface area contributed by atoms with E-state index in [9.17, 15) is 4.79 Å². The molecule has 0 saturated heterocycles. The molecule has 0 N–H and O–H groups in total. The van der Waals surface area contributed by atoms with E-state index in [-0.39, 0.29) is 27.0 Å². The summed E-state index contributed by atoms with van der Waals surface area (Å²) in [6, 6.07) is 0. The van der Waals surface area contributed by atoms with Crippen molar-refractivity contribution in [3.8, 4) is 0 Å². The van der Waals surface area contributed by atoms with Crippen LogP contribution in [0.2, 0.25) is 0 Å². The summed E-state index contributed by atoms with van der Waals surface area (Å²) in [5.74, 6) is 0.159. The molecule has 3 heteroatoms. The van der Waals surface area contributed by atoms with Crippen molar-refractivity contribution in [1.82, 2.24) is 4.90 Å². The minimum atomic E-state index is 0.00868. The fourth-order valence-corrected chi connectivity index (χ4v) is 2.79. The molecule has 0 aromatic rings. The molecule has 1 aliphatic rings. The van der Waals surface area contributed by atoms with Crippen LogP contribution in [0, 0.1) is 0 Å². The summed E-state index contributed by atoms with van der Waals surface area (Å²) < 4.78 is 4.17. The Bertz CT molecular complexity index is 208. The van der Waals surface area contributed by atoms with Gasteiger partial charge in [0, 0.05) is 0 Å². The number of allylic oxidation sites excluding steroid dienone is 1. The van der Waals surface area contributed by atoms with Crippen LogP contribution in [0.5, 0.6) is 0 Å². The van der Waals surface area contributed by atoms with Crippen LogP contribution in [0.4, 0.5) is 0 Å². The number of carbonyl (C=O) groups is 1. The molecule has 0 bridgehead atoms. The summed E-state index contributed by atoms with van der Waals surface area (Å²) in [6.45, 7) is 1.60. The minimum absolute atomic E-state index is 0.00868. The topological polar surface area (TPSA) is 20.3 Å². The summed E-state index contributed by atoms with van der Waals surface area (Å²) in [6.07, 6.45) is 1.96. The zero-order valence-corrected chi connectivity index (χ0v) is 8.12. The molecule has 0 aliphatic carbocycles. The van der Waals surface area contributed by atoms with Crippen molar-refractivity contribution in [2.45, 2.75) is 6.92 Å². The fourth-order valence-electron chi connectivity index (χ4n) is 0.696. The summed E-state index contributed by atoms with van der Waals surface area (Å²) in [5.41, 5.74) is 0.843. The molecule has 0 saturated carbocycles. The van der Waals surface area contributed by atoms with Crippen LogP contribution in [-0.2, 0) is 4.79 Å². The number of carbonyl (C=O) groups excluding carboxylic acids is 1. The van der Waals surface area contributed by atoms with Crippen molar-refractivity contribution in [2.75, 3.05) is 7.05 Å². The summed E-state index contributed by atoms with van der Waals surface area (Å²) in [7, 11) is 1.90. The Morgan fingerprint density at radius 3 is 2.80 bits per heavy atom. The molecule has 0 aromatic heterocycles. The van der Waals surface area contributed by atoms with Crippen molar-refractivity contribution in [3.63, 3.8) is 0 Å². The Kier molecular flexibility index (Phi) is 2.48. The van der Waals surface area contributed by atoms with Crippen molar-refractivity contribution in [3.05, 3.63) is 20.1 Å². The second kappa shape index (κ2) is 3.18. The molecule has 1 heterocycles. The van der Waals surface area contributed by atoms with Crippen LogP contribution in [0.15, 0.2) is 20.1 Å². The fraction of sp³-hybridized carbons (Fsp3) is 0.286. The third-order valence-corrected chi connectivity index (χ3v) is 2.95. The predicted molar refractivity (Wildman–Crippen MR) is 35.7 cm³/mol. The Balaban J connectivity index is 2.76. The van der Waals surface area contributed by atoms with Crippen LogP contribution in [0.3, 0.4) is 0 Å². The molecule has 10 heavy (non-hydrogen) atoms. The van der Waals surface area contributed by atoms with Crippen LogP contribution in [0.1, 0.15) is 6.92 Å². The van der Waals surface area contributed by atoms with Crippen LogP contribution in [-0.4, -0.2) is 17.7 Å². The molecule has 0 aromatic carbocycles. The number of ketones is 1. The van der Waals surface area contributed by atoms with Crippen LogP contribution < -0.4 is 21.2 Å². The quantitative estimate of drug-likeness (QED) is 0.498. The van der Waals surface area contributed by atoms with Gasteiger partial charge in [0.25, 0.3) is 0 Å². The molecule has 1 rings (SSSR count). The molecule has 1 aliphatic heterocycles. The standard InChI is InChI=1S/C7H9INO/c1-6(10)7-5-8-3-4-9(7)2/h3-5H,1-2H3/q-1. The molecular weight excluding hydrogens is 241 g/mol. The first kappa shape index (κ1) is 7.78. The Labute approximate surface area is 70.9 Å². The van der Waals surface area contributed by atoms with Crippen molar-refractivity contribution < 1.29 is 26.0 Å². The second-order valence-corrected chi connectivity index (χ2v) is 4.12. The number of hydrogen-bond donors (Lipinski definition) is 0. The van der Waals surface area contributed by atoms with E-state index in [1.165, 1.54) is 0 Å². The third kappa shape index (κ3) is 1.59. The first-order chi connectivity index (χ1) is 4.72. The number of nitrogens with zero attached hydrogens (tertiary/aromatic N) is 1. The zero-order chi connectivity index (χ0) is 7.56. The van der Waals surface area contributed by atoms with Gasteiger partial charge in [-0.3, -0.25) is 0 Å². The number of likely N-dealkylation sites (N-methyl/N-ethyl adjacent to an activating group) is 1. The molecule has 0 fully saturated rings. The van der Waals surface area contributed by atoms with Gasteiger partial charge in [0.1, 0.15) is 0 Å². The average Bonchev–Trinajstić information content (AvgIpc) is 1.88. The molecule has 0 radical (unpaired) electrons. The van der Waals surface area contributed by atoms with Crippen molar-refractivity contribution in [1.29, 1.82) is 0 Å². The van der Waals surface area contributed by atoms with E-state index in [4.69, 9.17) is 0 Å². The van der Waals surface area contributed by atoms with E-state index in [0.29, 0.717) is 0 Å². The third-order valence-electron chi connectivity index (χ3n) is 1.26. The van der Waals surface area contributed by atoms with Gasteiger partial charge >= 0.3 is 70.7 Å². The number of rotatable bonds is 1. The maximum absolute atomic E-state index is 10.9. The Morgan fingerprint density at radius 1 is 1.70 bits per heavy atom. The maximum atomic E-state index is 10.9. The monoisotopic (exact) mass is 250 g/mol. The van der Waals surface area contributed by atoms with Gasteiger partial charge in [0.05, 0.1) is 0 Å².